The van der Waals surface area contributed by atoms with Crippen LogP contribution in [0, 0.1) is 5.92 Å². The summed E-state index contributed by atoms with van der Waals surface area (Å²) >= 11 is 1.24. The molecule has 21 heavy (non-hydrogen) atoms. The third-order valence-corrected chi connectivity index (χ3v) is 4.66. The van der Waals surface area contributed by atoms with Crippen molar-refractivity contribution in [2.45, 2.75) is 30.4 Å². The zero-order valence-corrected chi connectivity index (χ0v) is 13.8. The van der Waals surface area contributed by atoms with Crippen LogP contribution in [0.15, 0.2) is 29.2 Å². The highest BCUT2D eigenvalue weighted by Gasteiger charge is 2.30. The average Bonchev–Trinajstić information content (AvgIpc) is 3.25. The Bertz CT molecular complexity index is 472. The molecule has 1 aromatic carbocycles. The lowest BCUT2D eigenvalue weighted by molar-refractivity contribution is 0.104. The molecular weight excluding hydrogens is 284 g/mol. The molecule has 5 heteroatoms. The second-order valence-corrected chi connectivity index (χ2v) is 7.03. The summed E-state index contributed by atoms with van der Waals surface area (Å²) in [4.78, 5) is 16.3. The molecule has 0 aliphatic heterocycles. The first-order valence-corrected chi connectivity index (χ1v) is 8.12. The fourth-order valence-electron chi connectivity index (χ4n) is 2.18. The van der Waals surface area contributed by atoms with Crippen molar-refractivity contribution in [2.24, 2.45) is 5.92 Å². The van der Waals surface area contributed by atoms with Crippen LogP contribution < -0.4 is 0 Å². The lowest BCUT2D eigenvalue weighted by Crippen LogP contribution is -2.30. The van der Waals surface area contributed by atoms with Gasteiger partial charge in [0, 0.05) is 32.1 Å². The lowest BCUT2D eigenvalue weighted by Gasteiger charge is -2.20. The van der Waals surface area contributed by atoms with Gasteiger partial charge in [-0.1, -0.05) is 12.1 Å². The van der Waals surface area contributed by atoms with Gasteiger partial charge in [-0.05, 0) is 55.3 Å². The second kappa shape index (κ2) is 7.29. The van der Waals surface area contributed by atoms with Crippen molar-refractivity contribution in [3.8, 4) is 0 Å². The molecule has 1 amide bonds. The molecule has 1 aliphatic rings. The van der Waals surface area contributed by atoms with E-state index in [1.807, 2.05) is 31.3 Å². The zero-order chi connectivity index (χ0) is 15.4. The minimum absolute atomic E-state index is 0.0347. The summed E-state index contributed by atoms with van der Waals surface area (Å²) in [6.07, 6.45) is 2.14. The summed E-state index contributed by atoms with van der Waals surface area (Å²) in [5.41, 5.74) is 1.20. The Kier molecular flexibility index (Phi) is 5.67. The number of likely N-dealkylation sites (N-methyl/N-ethyl adjacent to an activating group) is 1. The summed E-state index contributed by atoms with van der Waals surface area (Å²) in [5, 5.41) is 9.98. The highest BCUT2D eigenvalue weighted by atomic mass is 32.2. The van der Waals surface area contributed by atoms with Crippen molar-refractivity contribution < 1.29 is 9.90 Å². The van der Waals surface area contributed by atoms with Crippen LogP contribution in [0.1, 0.15) is 18.4 Å². The first kappa shape index (κ1) is 16.3. The van der Waals surface area contributed by atoms with Gasteiger partial charge in [0.05, 0.1) is 6.10 Å². The molecule has 1 saturated carbocycles. The molecule has 0 bridgehead atoms. The summed E-state index contributed by atoms with van der Waals surface area (Å²) in [6, 6.07) is 8.05. The minimum atomic E-state index is -0.192. The highest BCUT2D eigenvalue weighted by molar-refractivity contribution is 8.13. The fourth-order valence-corrected chi connectivity index (χ4v) is 2.84. The second-order valence-electron chi connectivity index (χ2n) is 6.01. The van der Waals surface area contributed by atoms with E-state index in [9.17, 15) is 9.90 Å². The van der Waals surface area contributed by atoms with Crippen LogP contribution >= 0.6 is 11.8 Å². The van der Waals surface area contributed by atoms with Crippen LogP contribution in [-0.4, -0.2) is 53.9 Å². The van der Waals surface area contributed by atoms with Gasteiger partial charge in [-0.2, -0.15) is 0 Å². The molecule has 116 valence electrons. The normalized spacial score (nSPS) is 16.0. The predicted molar refractivity (Wildman–Crippen MR) is 86.4 cm³/mol. The highest BCUT2D eigenvalue weighted by Crippen LogP contribution is 2.32. The number of hydrogen-bond acceptors (Lipinski definition) is 4. The monoisotopic (exact) mass is 308 g/mol. The van der Waals surface area contributed by atoms with E-state index in [0.29, 0.717) is 5.92 Å². The van der Waals surface area contributed by atoms with E-state index in [1.165, 1.54) is 30.2 Å². The summed E-state index contributed by atoms with van der Waals surface area (Å²) in [7, 11) is 5.54. The molecule has 2 rings (SSSR count). The minimum Gasteiger partial charge on any atom is -0.392 e. The number of hydrogen-bond donors (Lipinski definition) is 1. The molecule has 1 N–H and O–H groups in total. The van der Waals surface area contributed by atoms with Gasteiger partial charge in [0.2, 0.25) is 0 Å². The number of amides is 1. The number of aliphatic hydroxyl groups is 1. The largest absolute Gasteiger partial charge is 0.392 e. The quantitative estimate of drug-likeness (QED) is 0.821. The van der Waals surface area contributed by atoms with Crippen molar-refractivity contribution in [3.05, 3.63) is 29.8 Å². The maximum Gasteiger partial charge on any atom is 0.285 e. The van der Waals surface area contributed by atoms with Gasteiger partial charge in [0.1, 0.15) is 0 Å². The number of carbonyl (C=O) groups excluding carboxylic acids is 1. The topological polar surface area (TPSA) is 43.8 Å². The molecule has 0 radical (unpaired) electrons. The van der Waals surface area contributed by atoms with Crippen molar-refractivity contribution >= 4 is 17.0 Å². The first-order chi connectivity index (χ1) is 9.95. The van der Waals surface area contributed by atoms with Crippen LogP contribution in [0.3, 0.4) is 0 Å². The van der Waals surface area contributed by atoms with Crippen molar-refractivity contribution in [1.29, 1.82) is 0 Å². The first-order valence-electron chi connectivity index (χ1n) is 7.30. The van der Waals surface area contributed by atoms with Crippen LogP contribution in [-0.2, 0) is 6.54 Å². The Labute approximate surface area is 131 Å². The van der Waals surface area contributed by atoms with Gasteiger partial charge < -0.3 is 10.0 Å². The molecule has 1 aliphatic carbocycles. The third kappa shape index (κ3) is 5.34. The Morgan fingerprint density at radius 2 is 1.90 bits per heavy atom. The van der Waals surface area contributed by atoms with Crippen LogP contribution in [0.4, 0.5) is 4.79 Å². The van der Waals surface area contributed by atoms with E-state index in [-0.39, 0.29) is 11.3 Å². The Morgan fingerprint density at radius 3 is 2.43 bits per heavy atom. The third-order valence-electron chi connectivity index (χ3n) is 3.61. The van der Waals surface area contributed by atoms with E-state index in [4.69, 9.17) is 0 Å². The number of nitrogens with zero attached hydrogens (tertiary/aromatic N) is 2. The zero-order valence-electron chi connectivity index (χ0n) is 13.0. The molecule has 1 aromatic rings. The molecule has 0 aromatic heterocycles. The Morgan fingerprint density at radius 1 is 1.29 bits per heavy atom. The fraction of sp³-hybridized carbons (Fsp3) is 0.562. The van der Waals surface area contributed by atoms with E-state index >= 15 is 0 Å². The summed E-state index contributed by atoms with van der Waals surface area (Å²) in [6.45, 7) is 1.54. The van der Waals surface area contributed by atoms with E-state index in [0.717, 1.165) is 18.0 Å². The maximum atomic E-state index is 11.6. The smallest absolute Gasteiger partial charge is 0.285 e. The molecule has 0 saturated heterocycles. The van der Waals surface area contributed by atoms with Crippen LogP contribution in [0.25, 0.3) is 0 Å². The van der Waals surface area contributed by atoms with E-state index < -0.39 is 0 Å². The molecular formula is C16H24N2O2S. The SMILES string of the molecule is CN(Cc1ccc(SC(=O)N(C)C)cc1)CC(O)C1CC1. The molecule has 1 unspecified atom stereocenters. The molecule has 0 heterocycles. The number of carbonyl (C=O) groups is 1. The van der Waals surface area contributed by atoms with Crippen LogP contribution in [0.2, 0.25) is 0 Å². The van der Waals surface area contributed by atoms with Gasteiger partial charge in [0.25, 0.3) is 5.24 Å². The van der Waals surface area contributed by atoms with Gasteiger partial charge in [-0.25, -0.2) is 0 Å². The Hall–Kier alpha value is -1.04. The molecule has 1 atom stereocenters. The van der Waals surface area contributed by atoms with Gasteiger partial charge in [0.15, 0.2) is 0 Å². The summed E-state index contributed by atoms with van der Waals surface area (Å²) < 4.78 is 0. The number of thioether (sulfide) groups is 1. The molecule has 1 fully saturated rings. The van der Waals surface area contributed by atoms with E-state index in [1.54, 1.807) is 19.0 Å². The molecule has 4 nitrogen and oxygen atoms in total. The molecule has 0 spiro atoms. The number of rotatable bonds is 6. The van der Waals surface area contributed by atoms with Gasteiger partial charge in [-0.3, -0.25) is 9.69 Å². The summed E-state index contributed by atoms with van der Waals surface area (Å²) in [5.74, 6) is 0.517. The van der Waals surface area contributed by atoms with Crippen LogP contribution in [0.5, 0.6) is 0 Å². The van der Waals surface area contributed by atoms with E-state index in [2.05, 4.69) is 4.90 Å². The average molecular weight is 308 g/mol. The maximum absolute atomic E-state index is 11.6. The standard InChI is InChI=1S/C16H24N2O2S/c1-17(2)16(20)21-14-8-4-12(5-9-14)10-18(3)11-15(19)13-6-7-13/h4-5,8-9,13,15,19H,6-7,10-11H2,1-3H3. The number of aliphatic hydroxyl groups excluding tert-OH is 1. The lowest BCUT2D eigenvalue weighted by atomic mass is 10.2. The Balaban J connectivity index is 1.82. The van der Waals surface area contributed by atoms with Gasteiger partial charge >= 0.3 is 0 Å². The van der Waals surface area contributed by atoms with Crippen molar-refractivity contribution in [2.75, 3.05) is 27.7 Å². The van der Waals surface area contributed by atoms with Crippen molar-refractivity contribution in [3.63, 3.8) is 0 Å². The number of benzene rings is 1. The van der Waals surface area contributed by atoms with Gasteiger partial charge in [-0.15, -0.1) is 0 Å². The predicted octanol–water partition coefficient (Wildman–Crippen LogP) is 2.66. The van der Waals surface area contributed by atoms with Crippen molar-refractivity contribution in [1.82, 2.24) is 9.80 Å².